The molecule has 5 nitrogen and oxygen atoms in total. The summed E-state index contributed by atoms with van der Waals surface area (Å²) >= 11 is 0. The average Bonchev–Trinajstić information content (AvgIpc) is 2.69. The van der Waals surface area contributed by atoms with Gasteiger partial charge in [0.2, 0.25) is 11.8 Å². The minimum absolute atomic E-state index is 0.0238. The predicted molar refractivity (Wildman–Crippen MR) is 99.5 cm³/mol. The summed E-state index contributed by atoms with van der Waals surface area (Å²) in [6, 6.07) is 6.84. The Labute approximate surface area is 163 Å². The SMILES string of the molecule is CCc1ccc(OC)cc1Nc1nc(=O)c(F)cn1Cc1cc(F)c(F)c(F)c1. The van der Waals surface area contributed by atoms with Gasteiger partial charge in [0.1, 0.15) is 5.75 Å². The first-order valence-corrected chi connectivity index (χ1v) is 8.66. The molecule has 0 saturated heterocycles. The maximum Gasteiger partial charge on any atom is 0.310 e. The van der Waals surface area contributed by atoms with E-state index in [0.717, 1.165) is 23.9 Å². The minimum atomic E-state index is -1.60. The van der Waals surface area contributed by atoms with Crippen LogP contribution in [0.3, 0.4) is 0 Å². The Morgan fingerprint density at radius 1 is 1.07 bits per heavy atom. The number of anilines is 2. The van der Waals surface area contributed by atoms with Gasteiger partial charge < -0.3 is 14.6 Å². The molecule has 0 atom stereocenters. The monoisotopic (exact) mass is 407 g/mol. The van der Waals surface area contributed by atoms with E-state index in [1.807, 2.05) is 13.0 Å². The third kappa shape index (κ3) is 4.39. The summed E-state index contributed by atoms with van der Waals surface area (Å²) in [5.41, 5.74) is 0.363. The van der Waals surface area contributed by atoms with E-state index >= 15 is 0 Å². The van der Waals surface area contributed by atoms with Crippen molar-refractivity contribution in [3.8, 4) is 5.75 Å². The smallest absolute Gasteiger partial charge is 0.310 e. The number of ether oxygens (including phenoxy) is 1. The van der Waals surface area contributed by atoms with E-state index in [1.165, 1.54) is 11.7 Å². The molecule has 0 radical (unpaired) electrons. The predicted octanol–water partition coefficient (Wildman–Crippen LogP) is 4.16. The second-order valence-corrected chi connectivity index (χ2v) is 6.22. The highest BCUT2D eigenvalue weighted by Gasteiger charge is 2.15. The Bertz CT molecular complexity index is 1090. The molecule has 2 aromatic carbocycles. The Hall–Kier alpha value is -3.36. The largest absolute Gasteiger partial charge is 0.497 e. The highest BCUT2D eigenvalue weighted by molar-refractivity contribution is 5.61. The molecule has 1 heterocycles. The minimum Gasteiger partial charge on any atom is -0.497 e. The lowest BCUT2D eigenvalue weighted by atomic mass is 10.1. The van der Waals surface area contributed by atoms with E-state index < -0.39 is 28.8 Å². The Morgan fingerprint density at radius 2 is 1.76 bits per heavy atom. The van der Waals surface area contributed by atoms with Crippen LogP contribution in [0.25, 0.3) is 0 Å². The Morgan fingerprint density at radius 3 is 2.38 bits per heavy atom. The number of methoxy groups -OCH3 is 1. The standard InChI is InChI=1S/C20H17F4N3O2/c1-3-12-4-5-13(29-2)8-17(12)25-20-26-19(28)16(23)10-27(20)9-11-6-14(21)18(24)15(22)7-11/h4-8,10H,3,9H2,1-2H3,(H,25,26,28). The van der Waals surface area contributed by atoms with E-state index in [1.54, 1.807) is 12.1 Å². The maximum absolute atomic E-state index is 13.8. The maximum atomic E-state index is 13.8. The van der Waals surface area contributed by atoms with Crippen molar-refractivity contribution >= 4 is 11.6 Å². The fraction of sp³-hybridized carbons (Fsp3) is 0.200. The van der Waals surface area contributed by atoms with Gasteiger partial charge in [-0.15, -0.1) is 0 Å². The molecule has 152 valence electrons. The number of halogens is 4. The van der Waals surface area contributed by atoms with Crippen LogP contribution < -0.4 is 15.6 Å². The van der Waals surface area contributed by atoms with Crippen LogP contribution in [0.1, 0.15) is 18.1 Å². The van der Waals surface area contributed by atoms with E-state index in [4.69, 9.17) is 4.74 Å². The molecule has 0 fully saturated rings. The van der Waals surface area contributed by atoms with Gasteiger partial charge >= 0.3 is 5.56 Å². The molecule has 0 aliphatic carbocycles. The first-order valence-electron chi connectivity index (χ1n) is 8.66. The van der Waals surface area contributed by atoms with Gasteiger partial charge in [0.05, 0.1) is 13.7 Å². The summed E-state index contributed by atoms with van der Waals surface area (Å²) in [7, 11) is 1.49. The molecule has 0 spiro atoms. The second kappa shape index (κ2) is 8.34. The molecule has 9 heteroatoms. The number of rotatable bonds is 6. The molecule has 0 unspecified atom stereocenters. The van der Waals surface area contributed by atoms with Crippen molar-refractivity contribution in [2.24, 2.45) is 0 Å². The van der Waals surface area contributed by atoms with Crippen LogP contribution in [-0.4, -0.2) is 16.7 Å². The van der Waals surface area contributed by atoms with E-state index in [9.17, 15) is 22.4 Å². The van der Waals surface area contributed by atoms with Crippen molar-refractivity contribution in [1.82, 2.24) is 9.55 Å². The van der Waals surface area contributed by atoms with E-state index in [0.29, 0.717) is 17.9 Å². The highest BCUT2D eigenvalue weighted by atomic mass is 19.2. The molecule has 3 aromatic rings. The lowest BCUT2D eigenvalue weighted by Crippen LogP contribution is -2.20. The van der Waals surface area contributed by atoms with Gasteiger partial charge in [-0.3, -0.25) is 4.79 Å². The summed E-state index contributed by atoms with van der Waals surface area (Å²) in [4.78, 5) is 15.4. The molecule has 0 bridgehead atoms. The normalized spacial score (nSPS) is 10.8. The molecular formula is C20H17F4N3O2. The molecule has 0 saturated carbocycles. The fourth-order valence-corrected chi connectivity index (χ4v) is 2.81. The zero-order chi connectivity index (χ0) is 21.1. The summed E-state index contributed by atoms with van der Waals surface area (Å²) in [6.07, 6.45) is 1.51. The van der Waals surface area contributed by atoms with Crippen molar-refractivity contribution in [3.63, 3.8) is 0 Å². The van der Waals surface area contributed by atoms with Gasteiger partial charge in [-0.1, -0.05) is 13.0 Å². The van der Waals surface area contributed by atoms with Crippen LogP contribution in [0.5, 0.6) is 5.75 Å². The zero-order valence-corrected chi connectivity index (χ0v) is 15.6. The number of hydrogen-bond donors (Lipinski definition) is 1. The lowest BCUT2D eigenvalue weighted by Gasteiger charge is -2.17. The van der Waals surface area contributed by atoms with Crippen molar-refractivity contribution in [2.75, 3.05) is 12.4 Å². The van der Waals surface area contributed by atoms with Crippen molar-refractivity contribution in [3.05, 3.63) is 81.3 Å². The van der Waals surface area contributed by atoms with Gasteiger partial charge in [0, 0.05) is 18.0 Å². The van der Waals surface area contributed by atoms with Crippen LogP contribution in [-0.2, 0) is 13.0 Å². The summed E-state index contributed by atoms with van der Waals surface area (Å²) < 4.78 is 60.4. The van der Waals surface area contributed by atoms with Gasteiger partial charge in [-0.25, -0.2) is 13.2 Å². The molecule has 0 amide bonds. The van der Waals surface area contributed by atoms with Gasteiger partial charge in [0.15, 0.2) is 17.5 Å². The number of aryl methyl sites for hydroxylation is 1. The summed E-state index contributed by atoms with van der Waals surface area (Å²) in [5.74, 6) is -4.98. The summed E-state index contributed by atoms with van der Waals surface area (Å²) in [5, 5.41) is 2.94. The second-order valence-electron chi connectivity index (χ2n) is 6.22. The van der Waals surface area contributed by atoms with E-state index in [2.05, 4.69) is 10.3 Å². The Kier molecular flexibility index (Phi) is 5.86. The molecule has 0 aliphatic heterocycles. The Balaban J connectivity index is 2.04. The van der Waals surface area contributed by atoms with Crippen LogP contribution in [0.4, 0.5) is 29.2 Å². The van der Waals surface area contributed by atoms with Crippen LogP contribution >= 0.6 is 0 Å². The van der Waals surface area contributed by atoms with Crippen LogP contribution in [0.2, 0.25) is 0 Å². The molecular weight excluding hydrogens is 390 g/mol. The first kappa shape index (κ1) is 20.4. The van der Waals surface area contributed by atoms with Gasteiger partial charge in [-0.2, -0.15) is 9.37 Å². The average molecular weight is 407 g/mol. The molecule has 1 N–H and O–H groups in total. The number of benzene rings is 2. The quantitative estimate of drug-likeness (QED) is 0.493. The first-order chi connectivity index (χ1) is 13.8. The van der Waals surface area contributed by atoms with Crippen molar-refractivity contribution in [1.29, 1.82) is 0 Å². The van der Waals surface area contributed by atoms with Crippen LogP contribution in [0.15, 0.2) is 41.3 Å². The number of aromatic nitrogens is 2. The lowest BCUT2D eigenvalue weighted by molar-refractivity contribution is 0.415. The van der Waals surface area contributed by atoms with E-state index in [-0.39, 0.29) is 18.1 Å². The molecule has 1 aromatic heterocycles. The summed E-state index contributed by atoms with van der Waals surface area (Å²) in [6.45, 7) is 1.66. The number of nitrogens with one attached hydrogen (secondary N) is 1. The molecule has 3 rings (SSSR count). The molecule has 29 heavy (non-hydrogen) atoms. The van der Waals surface area contributed by atoms with Gasteiger partial charge in [-0.05, 0) is 35.7 Å². The zero-order valence-electron chi connectivity index (χ0n) is 15.6. The topological polar surface area (TPSA) is 56.1 Å². The number of nitrogens with zero attached hydrogens (tertiary/aromatic N) is 2. The third-order valence-electron chi connectivity index (χ3n) is 4.29. The fourth-order valence-electron chi connectivity index (χ4n) is 2.81. The van der Waals surface area contributed by atoms with Crippen molar-refractivity contribution in [2.45, 2.75) is 19.9 Å². The molecule has 0 aliphatic rings. The van der Waals surface area contributed by atoms with Crippen LogP contribution in [0, 0.1) is 23.3 Å². The van der Waals surface area contributed by atoms with Crippen molar-refractivity contribution < 1.29 is 22.3 Å². The number of hydrogen-bond acceptors (Lipinski definition) is 4. The highest BCUT2D eigenvalue weighted by Crippen LogP contribution is 2.26. The van der Waals surface area contributed by atoms with Gasteiger partial charge in [0.25, 0.3) is 0 Å². The third-order valence-corrected chi connectivity index (χ3v) is 4.29.